The van der Waals surface area contributed by atoms with Gasteiger partial charge in [-0.05, 0) is 43.2 Å². The van der Waals surface area contributed by atoms with E-state index >= 15 is 0 Å². The Balaban J connectivity index is 1.78. The highest BCUT2D eigenvalue weighted by atomic mass is 19.1. The molecular formula is C19H16FN5O2. The van der Waals surface area contributed by atoms with Crippen molar-refractivity contribution < 1.29 is 9.13 Å². The Bertz CT molecular complexity index is 1190. The summed E-state index contributed by atoms with van der Waals surface area (Å²) in [5, 5.41) is 4.65. The number of hydrogen-bond donors (Lipinski definition) is 0. The van der Waals surface area contributed by atoms with E-state index in [9.17, 15) is 9.18 Å². The van der Waals surface area contributed by atoms with Crippen molar-refractivity contribution in [3.05, 3.63) is 59.0 Å². The summed E-state index contributed by atoms with van der Waals surface area (Å²) in [6, 6.07) is 7.77. The van der Waals surface area contributed by atoms with Crippen molar-refractivity contribution in [1.29, 1.82) is 0 Å². The van der Waals surface area contributed by atoms with Gasteiger partial charge in [0.1, 0.15) is 12.1 Å². The molecular weight excluding hydrogens is 349 g/mol. The maximum Gasteiger partial charge on any atom is 0.262 e. The molecule has 1 aromatic carbocycles. The van der Waals surface area contributed by atoms with Crippen molar-refractivity contribution in [1.82, 2.24) is 24.1 Å². The van der Waals surface area contributed by atoms with Crippen molar-refractivity contribution in [3.63, 3.8) is 0 Å². The first kappa shape index (κ1) is 16.1. The van der Waals surface area contributed by atoms with Crippen molar-refractivity contribution >= 4 is 16.7 Å². The largest absolute Gasteiger partial charge is 0.376 e. The first-order valence-corrected chi connectivity index (χ1v) is 8.81. The third kappa shape index (κ3) is 2.69. The van der Waals surface area contributed by atoms with Crippen LogP contribution in [0.3, 0.4) is 0 Å². The molecule has 0 radical (unpaired) electrons. The van der Waals surface area contributed by atoms with Crippen LogP contribution in [0.4, 0.5) is 4.39 Å². The smallest absolute Gasteiger partial charge is 0.262 e. The van der Waals surface area contributed by atoms with Gasteiger partial charge in [-0.1, -0.05) is 0 Å². The van der Waals surface area contributed by atoms with Crippen LogP contribution < -0.4 is 5.56 Å². The molecule has 0 amide bonds. The molecule has 0 N–H and O–H groups in total. The normalized spacial score (nSPS) is 17.1. The maximum absolute atomic E-state index is 13.4. The lowest BCUT2D eigenvalue weighted by Gasteiger charge is -2.14. The Hall–Kier alpha value is -3.13. The summed E-state index contributed by atoms with van der Waals surface area (Å²) in [6.45, 7) is 1.22. The van der Waals surface area contributed by atoms with E-state index in [1.54, 1.807) is 29.0 Å². The summed E-state index contributed by atoms with van der Waals surface area (Å²) in [7, 11) is 0. The molecule has 0 spiro atoms. The highest BCUT2D eigenvalue weighted by Gasteiger charge is 2.20. The maximum atomic E-state index is 13.4. The quantitative estimate of drug-likeness (QED) is 0.557. The fourth-order valence-electron chi connectivity index (χ4n) is 3.59. The van der Waals surface area contributed by atoms with Crippen LogP contribution in [0.5, 0.6) is 0 Å². The van der Waals surface area contributed by atoms with E-state index in [0.29, 0.717) is 34.5 Å². The molecule has 27 heavy (non-hydrogen) atoms. The summed E-state index contributed by atoms with van der Waals surface area (Å²) in [4.78, 5) is 21.9. The third-order valence-electron chi connectivity index (χ3n) is 4.88. The van der Waals surface area contributed by atoms with Crippen LogP contribution in [0.2, 0.25) is 0 Å². The molecule has 1 fully saturated rings. The molecule has 0 unspecified atom stereocenters. The number of nitrogens with zero attached hydrogens (tertiary/aromatic N) is 5. The lowest BCUT2D eigenvalue weighted by atomic mass is 10.1. The number of pyridine rings is 1. The number of benzene rings is 1. The Labute approximate surface area is 153 Å². The molecule has 5 rings (SSSR count). The zero-order valence-electron chi connectivity index (χ0n) is 14.4. The van der Waals surface area contributed by atoms with Gasteiger partial charge in [0.2, 0.25) is 0 Å². The van der Waals surface area contributed by atoms with Crippen LogP contribution in [-0.2, 0) is 11.3 Å². The van der Waals surface area contributed by atoms with Gasteiger partial charge >= 0.3 is 0 Å². The van der Waals surface area contributed by atoms with Gasteiger partial charge in [0.15, 0.2) is 0 Å². The molecule has 4 aromatic rings. The second-order valence-corrected chi connectivity index (χ2v) is 6.61. The van der Waals surface area contributed by atoms with Gasteiger partial charge < -0.3 is 9.30 Å². The molecule has 0 aliphatic carbocycles. The minimum atomic E-state index is -0.345. The average molecular weight is 365 g/mol. The van der Waals surface area contributed by atoms with E-state index in [2.05, 4.69) is 15.1 Å². The summed E-state index contributed by atoms with van der Waals surface area (Å²) in [6.07, 6.45) is 5.11. The van der Waals surface area contributed by atoms with Crippen LogP contribution >= 0.6 is 0 Å². The van der Waals surface area contributed by atoms with Gasteiger partial charge in [-0.2, -0.15) is 14.6 Å². The van der Waals surface area contributed by atoms with Crippen LogP contribution in [0.1, 0.15) is 12.8 Å². The van der Waals surface area contributed by atoms with E-state index in [0.717, 1.165) is 19.4 Å². The van der Waals surface area contributed by atoms with Gasteiger partial charge in [-0.3, -0.25) is 4.79 Å². The zero-order valence-corrected chi connectivity index (χ0v) is 14.4. The van der Waals surface area contributed by atoms with Crippen molar-refractivity contribution in [2.45, 2.75) is 25.5 Å². The molecule has 1 saturated heterocycles. The number of rotatable bonds is 3. The Morgan fingerprint density at radius 1 is 1.22 bits per heavy atom. The molecule has 4 heterocycles. The van der Waals surface area contributed by atoms with Gasteiger partial charge in [-0.25, -0.2) is 9.37 Å². The SMILES string of the molecule is O=c1c2c(-c3ccc(F)cc3)n3ncnc3nc2ccn1C[C@H]1CCCO1. The number of halogens is 1. The predicted molar refractivity (Wildman–Crippen MR) is 96.9 cm³/mol. The fraction of sp³-hybridized carbons (Fsp3) is 0.263. The Morgan fingerprint density at radius 3 is 2.85 bits per heavy atom. The summed E-state index contributed by atoms with van der Waals surface area (Å²) < 4.78 is 22.2. The topological polar surface area (TPSA) is 74.3 Å². The van der Waals surface area contributed by atoms with Gasteiger partial charge in [0.05, 0.1) is 29.2 Å². The molecule has 0 bridgehead atoms. The highest BCUT2D eigenvalue weighted by molar-refractivity contribution is 5.93. The van der Waals surface area contributed by atoms with Crippen molar-refractivity contribution in [2.24, 2.45) is 0 Å². The van der Waals surface area contributed by atoms with Crippen LogP contribution in [0.25, 0.3) is 27.9 Å². The monoisotopic (exact) mass is 365 g/mol. The molecule has 1 aliphatic heterocycles. The van der Waals surface area contributed by atoms with E-state index in [4.69, 9.17) is 4.74 Å². The minimum absolute atomic E-state index is 0.0393. The van der Waals surface area contributed by atoms with E-state index in [-0.39, 0.29) is 17.5 Å². The average Bonchev–Trinajstić information content (AvgIpc) is 3.35. The molecule has 7 nitrogen and oxygen atoms in total. The standard InChI is InChI=1S/C19H16FN5O2/c20-13-5-3-12(4-6-13)17-16-15(23-19-21-11-22-25(17)19)7-8-24(18(16)26)10-14-2-1-9-27-14/h3-8,11,14H,1-2,9-10H2/t14-/m1/s1. The lowest BCUT2D eigenvalue weighted by Crippen LogP contribution is -2.27. The van der Waals surface area contributed by atoms with Crippen molar-refractivity contribution in [2.75, 3.05) is 6.61 Å². The number of fused-ring (bicyclic) bond motifs is 2. The third-order valence-corrected chi connectivity index (χ3v) is 4.88. The molecule has 8 heteroatoms. The van der Waals surface area contributed by atoms with Crippen molar-refractivity contribution in [3.8, 4) is 11.3 Å². The van der Waals surface area contributed by atoms with Gasteiger partial charge in [-0.15, -0.1) is 0 Å². The van der Waals surface area contributed by atoms with Crippen LogP contribution in [0, 0.1) is 5.82 Å². The summed E-state index contributed by atoms with van der Waals surface area (Å²) in [5.41, 5.74) is 1.58. The first-order valence-electron chi connectivity index (χ1n) is 8.81. The molecule has 3 aromatic heterocycles. The van der Waals surface area contributed by atoms with E-state index in [1.165, 1.54) is 23.0 Å². The minimum Gasteiger partial charge on any atom is -0.376 e. The first-order chi connectivity index (χ1) is 13.2. The van der Waals surface area contributed by atoms with E-state index in [1.807, 2.05) is 0 Å². The van der Waals surface area contributed by atoms with Crippen LogP contribution in [0.15, 0.2) is 47.7 Å². The zero-order chi connectivity index (χ0) is 18.4. The van der Waals surface area contributed by atoms with Gasteiger partial charge in [0.25, 0.3) is 11.3 Å². The summed E-state index contributed by atoms with van der Waals surface area (Å²) in [5.74, 6) is 0.0424. The van der Waals surface area contributed by atoms with Gasteiger partial charge in [0, 0.05) is 18.4 Å². The second kappa shape index (κ2) is 6.24. The highest BCUT2D eigenvalue weighted by Crippen LogP contribution is 2.26. The van der Waals surface area contributed by atoms with Crippen LogP contribution in [-0.4, -0.2) is 36.9 Å². The Morgan fingerprint density at radius 2 is 2.07 bits per heavy atom. The Kier molecular flexibility index (Phi) is 3.71. The molecule has 1 aliphatic rings. The number of aromatic nitrogens is 5. The fourth-order valence-corrected chi connectivity index (χ4v) is 3.59. The summed E-state index contributed by atoms with van der Waals surface area (Å²) >= 11 is 0. The van der Waals surface area contributed by atoms with E-state index < -0.39 is 0 Å². The number of ether oxygens (including phenoxy) is 1. The lowest BCUT2D eigenvalue weighted by molar-refractivity contribution is 0.0963. The molecule has 136 valence electrons. The molecule has 1 atom stereocenters. The number of hydrogen-bond acceptors (Lipinski definition) is 5. The molecule has 0 saturated carbocycles. The second-order valence-electron chi connectivity index (χ2n) is 6.61. The predicted octanol–water partition coefficient (Wildman–Crippen LogP) is 2.42.